The molecule has 1 aromatic heterocycles. The zero-order valence-electron chi connectivity index (χ0n) is 11.1. The molecule has 1 aliphatic heterocycles. The molecule has 100 valence electrons. The molecule has 1 atom stereocenters. The van der Waals surface area contributed by atoms with E-state index < -0.39 is 0 Å². The number of benzene rings is 1. The molecule has 3 rings (SSSR count). The summed E-state index contributed by atoms with van der Waals surface area (Å²) in [6.07, 6.45) is 4.47. The molecule has 0 aliphatic carbocycles. The quantitative estimate of drug-likeness (QED) is 0.920. The fourth-order valence-corrected chi connectivity index (χ4v) is 2.62. The standard InChI is InChI=1S/C15H17NO3/c1-17-13-7-10-3-5-16-15(11-4-6-19-9-11)12(10)8-14(13)18-2/h4,6-9,15-16H,3,5H2,1-2H3. The monoisotopic (exact) mass is 259 g/mol. The molecule has 0 amide bonds. The van der Waals surface area contributed by atoms with Crippen molar-refractivity contribution in [1.29, 1.82) is 0 Å². The van der Waals surface area contributed by atoms with Crippen LogP contribution in [0, 0.1) is 0 Å². The van der Waals surface area contributed by atoms with Gasteiger partial charge < -0.3 is 19.2 Å². The number of nitrogens with one attached hydrogen (secondary N) is 1. The molecule has 0 bridgehead atoms. The summed E-state index contributed by atoms with van der Waals surface area (Å²) >= 11 is 0. The third-order valence-corrected chi connectivity index (χ3v) is 3.58. The molecule has 2 heterocycles. The van der Waals surface area contributed by atoms with E-state index in [9.17, 15) is 0 Å². The number of hydrogen-bond acceptors (Lipinski definition) is 4. The van der Waals surface area contributed by atoms with Crippen LogP contribution in [0.4, 0.5) is 0 Å². The Morgan fingerprint density at radius 2 is 2.00 bits per heavy atom. The van der Waals surface area contributed by atoms with Crippen molar-refractivity contribution in [2.24, 2.45) is 0 Å². The van der Waals surface area contributed by atoms with E-state index in [4.69, 9.17) is 13.9 Å². The predicted molar refractivity (Wildman–Crippen MR) is 71.8 cm³/mol. The highest BCUT2D eigenvalue weighted by Gasteiger charge is 2.24. The lowest BCUT2D eigenvalue weighted by Gasteiger charge is -2.27. The van der Waals surface area contributed by atoms with Gasteiger partial charge in [-0.3, -0.25) is 0 Å². The number of furan rings is 1. The van der Waals surface area contributed by atoms with Crippen LogP contribution in [0.3, 0.4) is 0 Å². The molecule has 0 fully saturated rings. The fourth-order valence-electron chi connectivity index (χ4n) is 2.62. The third kappa shape index (κ3) is 2.08. The number of ether oxygens (including phenoxy) is 2. The van der Waals surface area contributed by atoms with Crippen molar-refractivity contribution in [2.45, 2.75) is 12.5 Å². The Kier molecular flexibility index (Phi) is 3.17. The first kappa shape index (κ1) is 12.1. The lowest BCUT2D eigenvalue weighted by molar-refractivity contribution is 0.353. The van der Waals surface area contributed by atoms with Crippen LogP contribution in [0.2, 0.25) is 0 Å². The lowest BCUT2D eigenvalue weighted by atomic mass is 9.90. The van der Waals surface area contributed by atoms with E-state index in [1.807, 2.05) is 6.07 Å². The maximum absolute atomic E-state index is 5.39. The zero-order chi connectivity index (χ0) is 13.2. The second-order valence-corrected chi connectivity index (χ2v) is 4.60. The summed E-state index contributed by atoms with van der Waals surface area (Å²) in [6.45, 7) is 0.943. The maximum Gasteiger partial charge on any atom is 0.161 e. The Labute approximate surface area is 112 Å². The van der Waals surface area contributed by atoms with Gasteiger partial charge in [-0.05, 0) is 35.7 Å². The normalized spacial score (nSPS) is 17.9. The van der Waals surface area contributed by atoms with E-state index in [0.717, 1.165) is 30.0 Å². The molecule has 4 nitrogen and oxygen atoms in total. The minimum Gasteiger partial charge on any atom is -0.493 e. The molecule has 1 unspecified atom stereocenters. The van der Waals surface area contributed by atoms with Crippen molar-refractivity contribution in [3.05, 3.63) is 47.4 Å². The molecule has 1 aliphatic rings. The molecular weight excluding hydrogens is 242 g/mol. The average molecular weight is 259 g/mol. The molecule has 0 saturated carbocycles. The first-order valence-electron chi connectivity index (χ1n) is 6.33. The molecule has 19 heavy (non-hydrogen) atoms. The number of methoxy groups -OCH3 is 2. The first-order chi connectivity index (χ1) is 9.33. The highest BCUT2D eigenvalue weighted by Crippen LogP contribution is 2.37. The molecule has 4 heteroatoms. The van der Waals surface area contributed by atoms with Gasteiger partial charge in [-0.1, -0.05) is 0 Å². The van der Waals surface area contributed by atoms with Crippen molar-refractivity contribution in [3.63, 3.8) is 0 Å². The number of hydrogen-bond donors (Lipinski definition) is 1. The molecule has 0 saturated heterocycles. The van der Waals surface area contributed by atoms with Gasteiger partial charge in [0.15, 0.2) is 11.5 Å². The Balaban J connectivity index is 2.08. The first-order valence-corrected chi connectivity index (χ1v) is 6.33. The van der Waals surface area contributed by atoms with Crippen molar-refractivity contribution in [2.75, 3.05) is 20.8 Å². The Bertz CT molecular complexity index is 563. The van der Waals surface area contributed by atoms with E-state index in [1.54, 1.807) is 26.7 Å². The van der Waals surface area contributed by atoms with Gasteiger partial charge in [-0.15, -0.1) is 0 Å². The van der Waals surface area contributed by atoms with E-state index in [0.29, 0.717) is 0 Å². The number of rotatable bonds is 3. The molecule has 1 aromatic carbocycles. The second kappa shape index (κ2) is 4.97. The fraction of sp³-hybridized carbons (Fsp3) is 0.333. The lowest BCUT2D eigenvalue weighted by Crippen LogP contribution is -2.30. The van der Waals surface area contributed by atoms with Crippen LogP contribution in [-0.4, -0.2) is 20.8 Å². The van der Waals surface area contributed by atoms with Crippen LogP contribution in [0.5, 0.6) is 11.5 Å². The summed E-state index contributed by atoms with van der Waals surface area (Å²) in [5, 5.41) is 3.51. The Hall–Kier alpha value is -1.94. The van der Waals surface area contributed by atoms with E-state index in [-0.39, 0.29) is 6.04 Å². The average Bonchev–Trinajstić information content (AvgIpc) is 2.99. The second-order valence-electron chi connectivity index (χ2n) is 4.60. The van der Waals surface area contributed by atoms with Crippen molar-refractivity contribution in [1.82, 2.24) is 5.32 Å². The van der Waals surface area contributed by atoms with Crippen LogP contribution < -0.4 is 14.8 Å². The molecule has 0 spiro atoms. The summed E-state index contributed by atoms with van der Waals surface area (Å²) in [5.74, 6) is 1.55. The summed E-state index contributed by atoms with van der Waals surface area (Å²) in [6, 6.07) is 6.27. The summed E-state index contributed by atoms with van der Waals surface area (Å²) in [7, 11) is 3.33. The van der Waals surface area contributed by atoms with E-state index >= 15 is 0 Å². The van der Waals surface area contributed by atoms with Gasteiger partial charge in [-0.25, -0.2) is 0 Å². The van der Waals surface area contributed by atoms with Crippen molar-refractivity contribution >= 4 is 0 Å². The minimum atomic E-state index is 0.155. The highest BCUT2D eigenvalue weighted by molar-refractivity contribution is 5.51. The molecule has 2 aromatic rings. The summed E-state index contributed by atoms with van der Waals surface area (Å²) in [4.78, 5) is 0. The topological polar surface area (TPSA) is 43.6 Å². The Morgan fingerprint density at radius 3 is 2.68 bits per heavy atom. The van der Waals surface area contributed by atoms with Crippen LogP contribution in [0.25, 0.3) is 0 Å². The van der Waals surface area contributed by atoms with Gasteiger partial charge in [0, 0.05) is 12.1 Å². The molecule has 0 radical (unpaired) electrons. The Morgan fingerprint density at radius 1 is 1.21 bits per heavy atom. The zero-order valence-corrected chi connectivity index (χ0v) is 11.1. The van der Waals surface area contributed by atoms with Gasteiger partial charge in [-0.2, -0.15) is 0 Å². The van der Waals surface area contributed by atoms with Crippen molar-refractivity contribution in [3.8, 4) is 11.5 Å². The number of fused-ring (bicyclic) bond motifs is 1. The van der Waals surface area contributed by atoms with Gasteiger partial charge >= 0.3 is 0 Å². The predicted octanol–water partition coefficient (Wildman–Crippen LogP) is 2.53. The maximum atomic E-state index is 5.39. The van der Waals surface area contributed by atoms with E-state index in [1.165, 1.54) is 11.1 Å². The van der Waals surface area contributed by atoms with Gasteiger partial charge in [0.25, 0.3) is 0 Å². The SMILES string of the molecule is COc1cc2c(cc1OC)C(c1ccoc1)NCC2. The molecular formula is C15H17NO3. The van der Waals surface area contributed by atoms with Crippen LogP contribution in [0.15, 0.2) is 35.1 Å². The molecule has 1 N–H and O–H groups in total. The summed E-state index contributed by atoms with van der Waals surface area (Å²) in [5.41, 5.74) is 3.65. The summed E-state index contributed by atoms with van der Waals surface area (Å²) < 4.78 is 15.9. The third-order valence-electron chi connectivity index (χ3n) is 3.58. The largest absolute Gasteiger partial charge is 0.493 e. The highest BCUT2D eigenvalue weighted by atomic mass is 16.5. The minimum absolute atomic E-state index is 0.155. The van der Waals surface area contributed by atoms with Crippen LogP contribution in [0.1, 0.15) is 22.7 Å². The van der Waals surface area contributed by atoms with Crippen LogP contribution >= 0.6 is 0 Å². The van der Waals surface area contributed by atoms with E-state index in [2.05, 4.69) is 17.4 Å². The van der Waals surface area contributed by atoms with Crippen LogP contribution in [-0.2, 0) is 6.42 Å². The van der Waals surface area contributed by atoms with Crippen molar-refractivity contribution < 1.29 is 13.9 Å². The van der Waals surface area contributed by atoms with Gasteiger partial charge in [0.2, 0.25) is 0 Å². The van der Waals surface area contributed by atoms with Gasteiger partial charge in [0.1, 0.15) is 0 Å². The smallest absolute Gasteiger partial charge is 0.161 e. The van der Waals surface area contributed by atoms with Gasteiger partial charge in [0.05, 0.1) is 32.8 Å².